The Morgan fingerprint density at radius 3 is 2.14 bits per heavy atom. The zero-order valence-corrected chi connectivity index (χ0v) is 16.3. The average Bonchev–Trinajstić information content (AvgIpc) is 3.10. The van der Waals surface area contributed by atoms with Gasteiger partial charge in [0, 0.05) is 11.1 Å². The Kier molecular flexibility index (Phi) is 5.12. The monoisotopic (exact) mass is 383 g/mol. The molecule has 4 aromatic rings. The molecular formula is C24H21N3O2. The maximum atomic E-state index is 13.0. The zero-order valence-electron chi connectivity index (χ0n) is 16.3. The second-order valence-corrected chi connectivity index (χ2v) is 6.61. The molecule has 1 aromatic heterocycles. The number of aryl methyl sites for hydroxylation is 1. The van der Waals surface area contributed by atoms with Gasteiger partial charge in [-0.25, -0.2) is 4.68 Å². The summed E-state index contributed by atoms with van der Waals surface area (Å²) in [4.78, 5) is 13.0. The van der Waals surface area contributed by atoms with E-state index in [2.05, 4.69) is 5.32 Å². The van der Waals surface area contributed by atoms with Crippen molar-refractivity contribution in [3.63, 3.8) is 0 Å². The summed E-state index contributed by atoms with van der Waals surface area (Å²) >= 11 is 0. The van der Waals surface area contributed by atoms with Gasteiger partial charge in [-0.2, -0.15) is 5.10 Å². The number of para-hydroxylation sites is 1. The number of rotatable bonds is 5. The standard InChI is InChI=1S/C24H21N3O2/c1-17-22(18-9-5-3-6-10-18)23(27(26-17)20-11-7-4-8-12-20)25-24(28)19-13-15-21(29-2)16-14-19/h3-16H,1-2H3,(H,25,28). The molecule has 1 heterocycles. The molecule has 29 heavy (non-hydrogen) atoms. The fourth-order valence-corrected chi connectivity index (χ4v) is 3.27. The van der Waals surface area contributed by atoms with E-state index in [1.807, 2.05) is 67.6 Å². The molecule has 144 valence electrons. The molecule has 1 N–H and O–H groups in total. The molecular weight excluding hydrogens is 362 g/mol. The van der Waals surface area contributed by atoms with E-state index >= 15 is 0 Å². The maximum Gasteiger partial charge on any atom is 0.256 e. The minimum Gasteiger partial charge on any atom is -0.497 e. The van der Waals surface area contributed by atoms with Gasteiger partial charge in [-0.3, -0.25) is 4.79 Å². The predicted molar refractivity (Wildman–Crippen MR) is 115 cm³/mol. The van der Waals surface area contributed by atoms with Gasteiger partial charge >= 0.3 is 0 Å². The van der Waals surface area contributed by atoms with Gasteiger partial charge in [-0.1, -0.05) is 48.5 Å². The highest BCUT2D eigenvalue weighted by molar-refractivity contribution is 6.06. The van der Waals surface area contributed by atoms with Gasteiger partial charge in [0.15, 0.2) is 0 Å². The molecule has 3 aromatic carbocycles. The minimum absolute atomic E-state index is 0.207. The maximum absolute atomic E-state index is 13.0. The summed E-state index contributed by atoms with van der Waals surface area (Å²) in [6.45, 7) is 1.95. The van der Waals surface area contributed by atoms with E-state index in [4.69, 9.17) is 9.84 Å². The summed E-state index contributed by atoms with van der Waals surface area (Å²) in [6.07, 6.45) is 0. The van der Waals surface area contributed by atoms with Crippen LogP contribution in [-0.4, -0.2) is 22.8 Å². The quantitative estimate of drug-likeness (QED) is 0.521. The number of anilines is 1. The molecule has 0 saturated heterocycles. The van der Waals surface area contributed by atoms with E-state index in [0.717, 1.165) is 22.5 Å². The number of benzene rings is 3. The largest absolute Gasteiger partial charge is 0.497 e. The Labute approximate surface area is 169 Å². The lowest BCUT2D eigenvalue weighted by molar-refractivity contribution is 0.102. The molecule has 0 aliphatic carbocycles. The number of nitrogens with one attached hydrogen (secondary N) is 1. The van der Waals surface area contributed by atoms with Crippen molar-refractivity contribution in [1.82, 2.24) is 9.78 Å². The smallest absolute Gasteiger partial charge is 0.256 e. The lowest BCUT2D eigenvalue weighted by Gasteiger charge is -2.12. The number of amides is 1. The van der Waals surface area contributed by atoms with Crippen LogP contribution < -0.4 is 10.1 Å². The number of hydrogen-bond donors (Lipinski definition) is 1. The third kappa shape index (κ3) is 3.75. The van der Waals surface area contributed by atoms with Crippen molar-refractivity contribution in [1.29, 1.82) is 0 Å². The Morgan fingerprint density at radius 2 is 1.52 bits per heavy atom. The van der Waals surface area contributed by atoms with Crippen molar-refractivity contribution in [3.8, 4) is 22.6 Å². The van der Waals surface area contributed by atoms with Crippen LogP contribution in [0.15, 0.2) is 84.9 Å². The molecule has 0 saturated carbocycles. The van der Waals surface area contributed by atoms with Crippen LogP contribution in [0.1, 0.15) is 16.1 Å². The Balaban J connectivity index is 1.80. The molecule has 0 bridgehead atoms. The number of carbonyl (C=O) groups excluding carboxylic acids is 1. The van der Waals surface area contributed by atoms with Gasteiger partial charge in [-0.15, -0.1) is 0 Å². The predicted octanol–water partition coefficient (Wildman–Crippen LogP) is 5.11. The molecule has 0 spiro atoms. The second kappa shape index (κ2) is 8.02. The molecule has 5 heteroatoms. The summed E-state index contributed by atoms with van der Waals surface area (Å²) in [5.41, 5.74) is 4.16. The Morgan fingerprint density at radius 1 is 0.897 bits per heavy atom. The first-order valence-electron chi connectivity index (χ1n) is 9.33. The molecule has 1 amide bonds. The van der Waals surface area contributed by atoms with E-state index in [9.17, 15) is 4.79 Å². The van der Waals surface area contributed by atoms with Gasteiger partial charge in [0.1, 0.15) is 11.6 Å². The molecule has 0 unspecified atom stereocenters. The van der Waals surface area contributed by atoms with Crippen molar-refractivity contribution in [3.05, 3.63) is 96.2 Å². The Hall–Kier alpha value is -3.86. The molecule has 0 radical (unpaired) electrons. The number of hydrogen-bond acceptors (Lipinski definition) is 3. The van der Waals surface area contributed by atoms with Crippen LogP contribution in [0.4, 0.5) is 5.82 Å². The first-order chi connectivity index (χ1) is 14.2. The fourth-order valence-electron chi connectivity index (χ4n) is 3.27. The number of ether oxygens (including phenoxy) is 1. The van der Waals surface area contributed by atoms with Gasteiger partial charge < -0.3 is 10.1 Å². The Bertz CT molecular complexity index is 1120. The summed E-state index contributed by atoms with van der Waals surface area (Å²) in [7, 11) is 1.60. The van der Waals surface area contributed by atoms with Crippen LogP contribution in [0, 0.1) is 6.92 Å². The lowest BCUT2D eigenvalue weighted by atomic mass is 10.1. The van der Waals surface area contributed by atoms with Gasteiger partial charge in [-0.05, 0) is 48.9 Å². The first kappa shape index (κ1) is 18.5. The zero-order chi connectivity index (χ0) is 20.2. The highest BCUT2D eigenvalue weighted by Crippen LogP contribution is 2.33. The van der Waals surface area contributed by atoms with Crippen molar-refractivity contribution < 1.29 is 9.53 Å². The minimum atomic E-state index is -0.207. The normalized spacial score (nSPS) is 10.6. The third-order valence-electron chi connectivity index (χ3n) is 4.71. The average molecular weight is 383 g/mol. The molecule has 0 atom stereocenters. The van der Waals surface area contributed by atoms with Gasteiger partial charge in [0.25, 0.3) is 5.91 Å². The van der Waals surface area contributed by atoms with E-state index in [1.165, 1.54) is 0 Å². The highest BCUT2D eigenvalue weighted by Gasteiger charge is 2.20. The van der Waals surface area contributed by atoms with E-state index in [0.29, 0.717) is 17.1 Å². The highest BCUT2D eigenvalue weighted by atomic mass is 16.5. The molecule has 4 rings (SSSR count). The molecule has 5 nitrogen and oxygen atoms in total. The summed E-state index contributed by atoms with van der Waals surface area (Å²) in [5, 5.41) is 7.78. The van der Waals surface area contributed by atoms with Crippen molar-refractivity contribution in [2.45, 2.75) is 6.92 Å². The number of carbonyl (C=O) groups is 1. The summed E-state index contributed by atoms with van der Waals surface area (Å²) in [5.74, 6) is 1.14. The third-order valence-corrected chi connectivity index (χ3v) is 4.71. The number of aromatic nitrogens is 2. The van der Waals surface area contributed by atoms with Crippen molar-refractivity contribution in [2.75, 3.05) is 12.4 Å². The van der Waals surface area contributed by atoms with Crippen molar-refractivity contribution in [2.24, 2.45) is 0 Å². The van der Waals surface area contributed by atoms with E-state index in [-0.39, 0.29) is 5.91 Å². The van der Waals surface area contributed by atoms with Crippen LogP contribution in [0.3, 0.4) is 0 Å². The topological polar surface area (TPSA) is 56.1 Å². The second-order valence-electron chi connectivity index (χ2n) is 6.61. The molecule has 0 fully saturated rings. The van der Waals surface area contributed by atoms with Gasteiger partial charge in [0.05, 0.1) is 18.5 Å². The number of methoxy groups -OCH3 is 1. The van der Waals surface area contributed by atoms with Crippen LogP contribution in [-0.2, 0) is 0 Å². The molecule has 0 aliphatic heterocycles. The first-order valence-corrected chi connectivity index (χ1v) is 9.33. The van der Waals surface area contributed by atoms with Crippen molar-refractivity contribution >= 4 is 11.7 Å². The van der Waals surface area contributed by atoms with Crippen LogP contribution in [0.25, 0.3) is 16.8 Å². The van der Waals surface area contributed by atoms with Crippen LogP contribution in [0.5, 0.6) is 5.75 Å². The SMILES string of the molecule is COc1ccc(C(=O)Nc2c(-c3ccccc3)c(C)nn2-c2ccccc2)cc1. The summed E-state index contributed by atoms with van der Waals surface area (Å²) in [6, 6.07) is 26.8. The lowest BCUT2D eigenvalue weighted by Crippen LogP contribution is -2.15. The molecule has 0 aliphatic rings. The van der Waals surface area contributed by atoms with Gasteiger partial charge in [0.2, 0.25) is 0 Å². The van der Waals surface area contributed by atoms with E-state index in [1.54, 1.807) is 36.1 Å². The van der Waals surface area contributed by atoms with Crippen LogP contribution in [0.2, 0.25) is 0 Å². The summed E-state index contributed by atoms with van der Waals surface area (Å²) < 4.78 is 6.96. The number of nitrogens with zero attached hydrogens (tertiary/aromatic N) is 2. The van der Waals surface area contributed by atoms with Crippen LogP contribution >= 0.6 is 0 Å². The fraction of sp³-hybridized carbons (Fsp3) is 0.0833. The van der Waals surface area contributed by atoms with E-state index < -0.39 is 0 Å².